The van der Waals surface area contributed by atoms with E-state index in [1.165, 1.54) is 55.2 Å². The number of fused-ring (bicyclic) bond motifs is 6. The maximum absolute atomic E-state index is 6.57. The number of anilines is 3. The Morgan fingerprint density at radius 2 is 0.813 bits per heavy atom. The van der Waals surface area contributed by atoms with E-state index in [2.05, 4.69) is 295 Å². The summed E-state index contributed by atoms with van der Waals surface area (Å²) in [5.41, 5.74) is 22.2. The zero-order chi connectivity index (χ0) is 49.7. The molecule has 0 aliphatic heterocycles. The Kier molecular flexibility index (Phi) is 10.8. The van der Waals surface area contributed by atoms with Gasteiger partial charge in [0.1, 0.15) is 11.2 Å². The number of rotatable bonds is 10. The first-order chi connectivity index (χ1) is 37.2. The minimum Gasteiger partial charge on any atom is -0.455 e. The number of nitrogens with zero attached hydrogens (tertiary/aromatic N) is 2. The summed E-state index contributed by atoms with van der Waals surface area (Å²) in [6.07, 6.45) is 0. The molecule has 0 N–H and O–H groups in total. The summed E-state index contributed by atoms with van der Waals surface area (Å²) >= 11 is 0. The normalized spacial score (nSPS) is 11.5. The zero-order valence-electron chi connectivity index (χ0n) is 41.0. The average molecular weight is 957 g/mol. The lowest BCUT2D eigenvalue weighted by Crippen LogP contribution is -2.11. The van der Waals surface area contributed by atoms with E-state index >= 15 is 0 Å². The number of aromatic nitrogens is 1. The summed E-state index contributed by atoms with van der Waals surface area (Å²) in [5, 5.41) is 4.68. The fraction of sp³-hybridized carbons (Fsp3) is 0. The first kappa shape index (κ1) is 43.8. The fourth-order valence-corrected chi connectivity index (χ4v) is 11.5. The minimum atomic E-state index is 0.890. The molecule has 75 heavy (non-hydrogen) atoms. The van der Waals surface area contributed by atoms with Gasteiger partial charge in [0.25, 0.3) is 0 Å². The van der Waals surface area contributed by atoms with Crippen molar-refractivity contribution in [3.63, 3.8) is 0 Å². The highest BCUT2D eigenvalue weighted by Crippen LogP contribution is 2.50. The molecule has 0 amide bonds. The molecule has 0 spiro atoms. The molecule has 0 fully saturated rings. The monoisotopic (exact) mass is 956 g/mol. The van der Waals surface area contributed by atoms with E-state index < -0.39 is 0 Å². The number of benzene rings is 12. The molecule has 14 rings (SSSR count). The van der Waals surface area contributed by atoms with Crippen molar-refractivity contribution < 1.29 is 4.42 Å². The van der Waals surface area contributed by atoms with Gasteiger partial charge < -0.3 is 13.9 Å². The molecule has 0 atom stereocenters. The van der Waals surface area contributed by atoms with Crippen LogP contribution in [0.25, 0.3) is 116 Å². The minimum absolute atomic E-state index is 0.890. The molecule has 3 heteroatoms. The second-order valence-corrected chi connectivity index (χ2v) is 19.1. The van der Waals surface area contributed by atoms with Crippen LogP contribution in [0.2, 0.25) is 0 Å². The lowest BCUT2D eigenvalue weighted by Gasteiger charge is -2.29. The van der Waals surface area contributed by atoms with Crippen molar-refractivity contribution in [3.8, 4) is 72.4 Å². The zero-order valence-corrected chi connectivity index (χ0v) is 41.0. The summed E-state index contributed by atoms with van der Waals surface area (Å²) in [6, 6.07) is 105. The number of para-hydroxylation sites is 5. The van der Waals surface area contributed by atoms with Gasteiger partial charge >= 0.3 is 0 Å². The van der Waals surface area contributed by atoms with Crippen molar-refractivity contribution >= 4 is 60.8 Å². The number of hydrogen-bond donors (Lipinski definition) is 0. The van der Waals surface area contributed by atoms with E-state index in [9.17, 15) is 0 Å². The smallest absolute Gasteiger partial charge is 0.143 e. The lowest BCUT2D eigenvalue weighted by atomic mass is 9.84. The Labute approximate surface area is 436 Å². The maximum Gasteiger partial charge on any atom is 0.143 e. The fourth-order valence-electron chi connectivity index (χ4n) is 11.5. The van der Waals surface area contributed by atoms with Gasteiger partial charge in [-0.05, 0) is 116 Å². The summed E-state index contributed by atoms with van der Waals surface area (Å²) in [5.74, 6) is 0. The van der Waals surface area contributed by atoms with Crippen LogP contribution in [0.5, 0.6) is 0 Å². The van der Waals surface area contributed by atoms with Gasteiger partial charge in [-0.15, -0.1) is 0 Å². The number of hydrogen-bond acceptors (Lipinski definition) is 2. The van der Waals surface area contributed by atoms with Crippen LogP contribution in [-0.2, 0) is 0 Å². The van der Waals surface area contributed by atoms with Gasteiger partial charge in [0.2, 0.25) is 0 Å². The molecule has 0 aliphatic carbocycles. The Morgan fingerprint density at radius 3 is 1.61 bits per heavy atom. The Balaban J connectivity index is 0.993. The summed E-state index contributed by atoms with van der Waals surface area (Å²) < 4.78 is 8.97. The molecular formula is C72H48N2O. The molecule has 2 heterocycles. The third kappa shape index (κ3) is 7.60. The van der Waals surface area contributed by atoms with Crippen molar-refractivity contribution in [2.24, 2.45) is 0 Å². The summed E-state index contributed by atoms with van der Waals surface area (Å²) in [6.45, 7) is 0. The van der Waals surface area contributed by atoms with Crippen LogP contribution < -0.4 is 4.90 Å². The highest BCUT2D eigenvalue weighted by Gasteiger charge is 2.24. The van der Waals surface area contributed by atoms with Gasteiger partial charge in [0.15, 0.2) is 0 Å². The average Bonchev–Trinajstić information content (AvgIpc) is 4.06. The van der Waals surface area contributed by atoms with Crippen LogP contribution in [0.15, 0.2) is 296 Å². The first-order valence-corrected chi connectivity index (χ1v) is 25.7. The lowest BCUT2D eigenvalue weighted by molar-refractivity contribution is 0.670. The molecule has 0 bridgehead atoms. The Morgan fingerprint density at radius 1 is 0.293 bits per heavy atom. The topological polar surface area (TPSA) is 21.3 Å². The Hall–Kier alpha value is -9.96. The second kappa shape index (κ2) is 18.6. The maximum atomic E-state index is 6.57. The standard InChI is InChI=1S/C72H48N2O/c1-4-22-49(23-5-1)56-30-10-11-33-62(56)70-57(50-24-6-2-7-25-50)35-19-38-63(70)60-31-12-15-40-66(60)73(54-46-44-51(45-47-54)59-37-20-39-64-61-32-14-17-43-69(61)75-72(59)64)55-29-18-26-52(48-55)58-36-21-42-68-71(58)65-34-13-16-41-67(65)74(68)53-27-8-3-9-28-53/h1-48H. The summed E-state index contributed by atoms with van der Waals surface area (Å²) in [4.78, 5) is 2.44. The second-order valence-electron chi connectivity index (χ2n) is 19.1. The van der Waals surface area contributed by atoms with Crippen LogP contribution in [0.1, 0.15) is 0 Å². The molecule has 0 aliphatic rings. The van der Waals surface area contributed by atoms with E-state index in [-0.39, 0.29) is 0 Å². The van der Waals surface area contributed by atoms with Gasteiger partial charge in [0.05, 0.1) is 16.7 Å². The SMILES string of the molecule is c1ccc(-c2ccccc2-c2c(-c3ccccc3)cccc2-c2ccccc2N(c2ccc(-c3cccc4c3oc3ccccc34)cc2)c2cccc(-c3cccc4c3c3ccccc3n4-c3ccccc3)c2)cc1. The van der Waals surface area contributed by atoms with E-state index in [0.717, 1.165) is 78.1 Å². The predicted octanol–water partition coefficient (Wildman–Crippen LogP) is 20.2. The van der Waals surface area contributed by atoms with E-state index in [1.807, 2.05) is 6.07 Å². The largest absolute Gasteiger partial charge is 0.455 e. The highest BCUT2D eigenvalue weighted by atomic mass is 16.3. The van der Waals surface area contributed by atoms with Crippen LogP contribution in [0, 0.1) is 0 Å². The van der Waals surface area contributed by atoms with Gasteiger partial charge in [-0.2, -0.15) is 0 Å². The molecule has 0 radical (unpaired) electrons. The van der Waals surface area contributed by atoms with Gasteiger partial charge in [-0.25, -0.2) is 0 Å². The van der Waals surface area contributed by atoms with Crippen molar-refractivity contribution in [2.75, 3.05) is 4.90 Å². The van der Waals surface area contributed by atoms with Gasteiger partial charge in [0, 0.05) is 49.7 Å². The Bertz CT molecular complexity index is 4400. The molecule has 12 aromatic carbocycles. The van der Waals surface area contributed by atoms with E-state index in [0.29, 0.717) is 0 Å². The molecule has 2 aromatic heterocycles. The molecule has 3 nitrogen and oxygen atoms in total. The van der Waals surface area contributed by atoms with Gasteiger partial charge in [-0.3, -0.25) is 0 Å². The van der Waals surface area contributed by atoms with Crippen molar-refractivity contribution in [1.82, 2.24) is 4.57 Å². The van der Waals surface area contributed by atoms with Crippen molar-refractivity contribution in [2.45, 2.75) is 0 Å². The van der Waals surface area contributed by atoms with Crippen molar-refractivity contribution in [3.05, 3.63) is 291 Å². The first-order valence-electron chi connectivity index (χ1n) is 25.7. The highest BCUT2D eigenvalue weighted by molar-refractivity contribution is 6.16. The molecule has 0 saturated heterocycles. The third-order valence-corrected chi connectivity index (χ3v) is 14.8. The van der Waals surface area contributed by atoms with Crippen LogP contribution in [0.4, 0.5) is 17.1 Å². The van der Waals surface area contributed by atoms with Crippen LogP contribution in [0.3, 0.4) is 0 Å². The third-order valence-electron chi connectivity index (χ3n) is 14.8. The van der Waals surface area contributed by atoms with Crippen LogP contribution >= 0.6 is 0 Å². The van der Waals surface area contributed by atoms with Crippen LogP contribution in [-0.4, -0.2) is 4.57 Å². The molecule has 14 aromatic rings. The molecule has 352 valence electrons. The van der Waals surface area contributed by atoms with Gasteiger partial charge in [-0.1, -0.05) is 231 Å². The quantitative estimate of drug-likeness (QED) is 0.136. The van der Waals surface area contributed by atoms with E-state index in [4.69, 9.17) is 4.42 Å². The number of furan rings is 1. The van der Waals surface area contributed by atoms with E-state index in [1.54, 1.807) is 0 Å². The molecule has 0 unspecified atom stereocenters. The van der Waals surface area contributed by atoms with Crippen molar-refractivity contribution in [1.29, 1.82) is 0 Å². The summed E-state index contributed by atoms with van der Waals surface area (Å²) in [7, 11) is 0. The molecule has 0 saturated carbocycles. The predicted molar refractivity (Wildman–Crippen MR) is 315 cm³/mol. The molecular weight excluding hydrogens is 909 g/mol.